The molecule has 3 aromatic heterocycles. The van der Waals surface area contributed by atoms with E-state index in [1.807, 2.05) is 24.0 Å². The highest BCUT2D eigenvalue weighted by molar-refractivity contribution is 7.07. The van der Waals surface area contributed by atoms with Gasteiger partial charge in [0.25, 0.3) is 0 Å². The molecule has 0 spiro atoms. The average Bonchev–Trinajstić information content (AvgIpc) is 3.34. The molecule has 0 aromatic carbocycles. The third-order valence-electron chi connectivity index (χ3n) is 4.51. The van der Waals surface area contributed by atoms with E-state index in [2.05, 4.69) is 34.8 Å². The zero-order valence-electron chi connectivity index (χ0n) is 14.1. The van der Waals surface area contributed by atoms with Crippen molar-refractivity contribution in [1.82, 2.24) is 24.5 Å². The summed E-state index contributed by atoms with van der Waals surface area (Å²) in [6.45, 7) is 2.66. The van der Waals surface area contributed by atoms with Crippen molar-refractivity contribution in [3.05, 3.63) is 47.2 Å². The van der Waals surface area contributed by atoms with Gasteiger partial charge >= 0.3 is 0 Å². The maximum Gasteiger partial charge on any atom is 0.218 e. The van der Waals surface area contributed by atoms with Gasteiger partial charge in [-0.05, 0) is 12.8 Å². The molecule has 0 amide bonds. The number of aromatic nitrogens is 5. The van der Waals surface area contributed by atoms with E-state index in [0.717, 1.165) is 49.8 Å². The minimum absolute atomic E-state index is 0.378. The molecule has 0 aliphatic carbocycles. The molecule has 1 fully saturated rings. The first-order chi connectivity index (χ1) is 12.3. The van der Waals surface area contributed by atoms with Crippen molar-refractivity contribution < 1.29 is 4.74 Å². The molecule has 1 atom stereocenters. The molecule has 0 unspecified atom stereocenters. The average molecular weight is 356 g/mol. The molecule has 4 heterocycles. The van der Waals surface area contributed by atoms with Crippen LogP contribution in [-0.4, -0.2) is 44.7 Å². The van der Waals surface area contributed by atoms with Crippen LogP contribution in [0.5, 0.6) is 5.88 Å². The summed E-state index contributed by atoms with van der Waals surface area (Å²) < 4.78 is 7.43. The maximum absolute atomic E-state index is 5.22. The number of ether oxygens (including phenoxy) is 1. The Morgan fingerprint density at radius 3 is 3.08 bits per heavy atom. The minimum Gasteiger partial charge on any atom is -0.481 e. The number of thiazole rings is 1. The third kappa shape index (κ3) is 3.48. The van der Waals surface area contributed by atoms with Gasteiger partial charge in [0.15, 0.2) is 0 Å². The number of hydrogen-bond acceptors (Lipinski definition) is 7. The third-order valence-corrected chi connectivity index (χ3v) is 5.15. The van der Waals surface area contributed by atoms with Crippen LogP contribution in [-0.2, 0) is 6.54 Å². The molecule has 0 N–H and O–H groups in total. The summed E-state index contributed by atoms with van der Waals surface area (Å²) in [5.74, 6) is 3.01. The van der Waals surface area contributed by atoms with E-state index < -0.39 is 0 Å². The summed E-state index contributed by atoms with van der Waals surface area (Å²) in [7, 11) is 1.63. The van der Waals surface area contributed by atoms with Crippen molar-refractivity contribution in [2.75, 3.05) is 25.1 Å². The zero-order valence-corrected chi connectivity index (χ0v) is 14.9. The molecule has 0 bridgehead atoms. The standard InChI is InChI=1S/C17H20N6OS/c1-24-16-7-15(19-11-20-16)22-5-2-3-13(8-22)17-18-4-6-23(17)9-14-10-25-12-21-14/h4,6-7,10-13H,2-3,5,8-9H2,1H3/t13-/m1/s1. The Morgan fingerprint density at radius 1 is 1.28 bits per heavy atom. The first kappa shape index (κ1) is 16.0. The number of methoxy groups -OCH3 is 1. The highest BCUT2D eigenvalue weighted by atomic mass is 32.1. The lowest BCUT2D eigenvalue weighted by Crippen LogP contribution is -2.36. The Kier molecular flexibility index (Phi) is 4.60. The predicted molar refractivity (Wildman–Crippen MR) is 96.2 cm³/mol. The smallest absolute Gasteiger partial charge is 0.218 e. The fraction of sp³-hybridized carbons (Fsp3) is 0.412. The normalized spacial score (nSPS) is 17.6. The molecule has 0 saturated carbocycles. The lowest BCUT2D eigenvalue weighted by molar-refractivity contribution is 0.396. The highest BCUT2D eigenvalue weighted by Crippen LogP contribution is 2.29. The van der Waals surface area contributed by atoms with E-state index in [0.29, 0.717) is 11.8 Å². The lowest BCUT2D eigenvalue weighted by atomic mass is 9.97. The molecular weight excluding hydrogens is 336 g/mol. The van der Waals surface area contributed by atoms with E-state index in [1.54, 1.807) is 24.8 Å². The van der Waals surface area contributed by atoms with E-state index >= 15 is 0 Å². The Labute approximate surface area is 150 Å². The molecule has 8 heteroatoms. The summed E-state index contributed by atoms with van der Waals surface area (Å²) in [5, 5.41) is 2.09. The summed E-state index contributed by atoms with van der Waals surface area (Å²) >= 11 is 1.62. The quantitative estimate of drug-likeness (QED) is 0.700. The number of imidazole rings is 1. The summed E-state index contributed by atoms with van der Waals surface area (Å²) in [4.78, 5) is 19.8. The Bertz CT molecular complexity index is 818. The zero-order chi connectivity index (χ0) is 17.1. The van der Waals surface area contributed by atoms with Crippen LogP contribution in [0.15, 0.2) is 35.7 Å². The monoisotopic (exact) mass is 356 g/mol. The van der Waals surface area contributed by atoms with Crippen molar-refractivity contribution in [1.29, 1.82) is 0 Å². The van der Waals surface area contributed by atoms with Gasteiger partial charge in [0.2, 0.25) is 5.88 Å². The van der Waals surface area contributed by atoms with Crippen LogP contribution < -0.4 is 9.64 Å². The van der Waals surface area contributed by atoms with Crippen LogP contribution in [0.25, 0.3) is 0 Å². The molecule has 0 radical (unpaired) electrons. The molecule has 1 aliphatic rings. The molecular formula is C17H20N6OS. The van der Waals surface area contributed by atoms with Gasteiger partial charge < -0.3 is 14.2 Å². The van der Waals surface area contributed by atoms with E-state index in [4.69, 9.17) is 4.74 Å². The van der Waals surface area contributed by atoms with Gasteiger partial charge in [-0.3, -0.25) is 0 Å². The number of hydrogen-bond donors (Lipinski definition) is 0. The van der Waals surface area contributed by atoms with Gasteiger partial charge in [-0.1, -0.05) is 0 Å². The molecule has 1 aliphatic heterocycles. The number of nitrogens with zero attached hydrogens (tertiary/aromatic N) is 6. The first-order valence-corrected chi connectivity index (χ1v) is 9.27. The number of anilines is 1. The minimum atomic E-state index is 0.378. The molecule has 7 nitrogen and oxygen atoms in total. The molecule has 25 heavy (non-hydrogen) atoms. The van der Waals surface area contributed by atoms with Crippen LogP contribution in [0.4, 0.5) is 5.82 Å². The van der Waals surface area contributed by atoms with Gasteiger partial charge in [0.1, 0.15) is 18.0 Å². The van der Waals surface area contributed by atoms with Crippen molar-refractivity contribution >= 4 is 17.2 Å². The lowest BCUT2D eigenvalue weighted by Gasteiger charge is -2.33. The van der Waals surface area contributed by atoms with Crippen molar-refractivity contribution in [2.24, 2.45) is 0 Å². The van der Waals surface area contributed by atoms with Crippen LogP contribution in [0, 0.1) is 0 Å². The fourth-order valence-corrected chi connectivity index (χ4v) is 3.86. The Morgan fingerprint density at radius 2 is 2.24 bits per heavy atom. The Balaban J connectivity index is 1.52. The molecule has 1 saturated heterocycles. The SMILES string of the molecule is COc1cc(N2CCC[C@@H](c3nccn3Cc3cscn3)C2)ncn1. The molecule has 3 aromatic rings. The number of piperidine rings is 1. The fourth-order valence-electron chi connectivity index (χ4n) is 3.31. The van der Waals surface area contributed by atoms with Crippen LogP contribution in [0.1, 0.15) is 30.3 Å². The van der Waals surface area contributed by atoms with Crippen LogP contribution >= 0.6 is 11.3 Å². The molecule has 4 rings (SSSR count). The van der Waals surface area contributed by atoms with Crippen molar-refractivity contribution in [3.8, 4) is 5.88 Å². The van der Waals surface area contributed by atoms with Gasteiger partial charge in [0, 0.05) is 42.8 Å². The van der Waals surface area contributed by atoms with E-state index in [1.165, 1.54) is 0 Å². The highest BCUT2D eigenvalue weighted by Gasteiger charge is 2.26. The van der Waals surface area contributed by atoms with E-state index in [-0.39, 0.29) is 0 Å². The second-order valence-electron chi connectivity index (χ2n) is 6.10. The van der Waals surface area contributed by atoms with Crippen molar-refractivity contribution in [3.63, 3.8) is 0 Å². The number of rotatable bonds is 5. The summed E-state index contributed by atoms with van der Waals surface area (Å²) in [6, 6.07) is 1.89. The predicted octanol–water partition coefficient (Wildman–Crippen LogP) is 2.57. The van der Waals surface area contributed by atoms with Crippen LogP contribution in [0.2, 0.25) is 0 Å². The van der Waals surface area contributed by atoms with Gasteiger partial charge in [-0.25, -0.2) is 19.9 Å². The largest absolute Gasteiger partial charge is 0.481 e. The molecule has 130 valence electrons. The van der Waals surface area contributed by atoms with E-state index in [9.17, 15) is 0 Å². The second kappa shape index (κ2) is 7.18. The summed E-state index contributed by atoms with van der Waals surface area (Å²) in [5.41, 5.74) is 2.95. The Hall–Kier alpha value is -2.48. The van der Waals surface area contributed by atoms with Gasteiger partial charge in [-0.2, -0.15) is 0 Å². The van der Waals surface area contributed by atoms with Gasteiger partial charge in [-0.15, -0.1) is 11.3 Å². The topological polar surface area (TPSA) is 69.0 Å². The first-order valence-electron chi connectivity index (χ1n) is 8.32. The maximum atomic E-state index is 5.22. The van der Waals surface area contributed by atoms with Crippen LogP contribution in [0.3, 0.4) is 0 Å². The summed E-state index contributed by atoms with van der Waals surface area (Å²) in [6.07, 6.45) is 7.73. The second-order valence-corrected chi connectivity index (χ2v) is 6.82. The van der Waals surface area contributed by atoms with Crippen molar-refractivity contribution in [2.45, 2.75) is 25.3 Å². The van der Waals surface area contributed by atoms with Gasteiger partial charge in [0.05, 0.1) is 24.9 Å².